The summed E-state index contributed by atoms with van der Waals surface area (Å²) in [6.07, 6.45) is 7.41. The molecule has 0 bridgehead atoms. The topological polar surface area (TPSA) is 17.8 Å². The van der Waals surface area contributed by atoms with E-state index in [0.29, 0.717) is 22.5 Å². The largest absolute Gasteiger partial charge is 0.292 e. The Hall–Kier alpha value is -4.43. The first-order chi connectivity index (χ1) is 21.6. The third kappa shape index (κ3) is 5.60. The van der Waals surface area contributed by atoms with Crippen molar-refractivity contribution in [2.45, 2.75) is 53.3 Å². The van der Waals surface area contributed by atoms with Crippen LogP contribution in [-0.2, 0) is 0 Å². The van der Waals surface area contributed by atoms with Gasteiger partial charge >= 0.3 is 0 Å². The van der Waals surface area contributed by atoms with Gasteiger partial charge in [0.05, 0.1) is 16.7 Å². The quantitative estimate of drug-likeness (QED) is 0.179. The van der Waals surface area contributed by atoms with E-state index in [-0.39, 0.29) is 5.56 Å². The molecule has 0 aliphatic rings. The van der Waals surface area contributed by atoms with Gasteiger partial charge in [0.2, 0.25) is 0 Å². The van der Waals surface area contributed by atoms with Crippen molar-refractivity contribution in [3.63, 3.8) is 0 Å². The number of benzene rings is 4. The van der Waals surface area contributed by atoms with E-state index in [9.17, 15) is 2.74 Å². The molecule has 0 saturated carbocycles. The van der Waals surface area contributed by atoms with Gasteiger partial charge < -0.3 is 0 Å². The van der Waals surface area contributed by atoms with E-state index in [4.69, 9.17) is 9.10 Å². The molecule has 1 aromatic heterocycles. The maximum atomic E-state index is 9.35. The van der Waals surface area contributed by atoms with Crippen molar-refractivity contribution in [3.8, 4) is 28.2 Å². The minimum atomic E-state index is -2.34. The molecule has 41 heavy (non-hydrogen) atoms. The van der Waals surface area contributed by atoms with Crippen LogP contribution in [0.1, 0.15) is 75.5 Å². The van der Waals surface area contributed by atoms with Crippen molar-refractivity contribution in [1.82, 2.24) is 9.55 Å². The summed E-state index contributed by atoms with van der Waals surface area (Å²) in [7, 11) is 0. The Bertz CT molecular complexity index is 1930. The van der Waals surface area contributed by atoms with Gasteiger partial charge in [0.15, 0.2) is 0 Å². The van der Waals surface area contributed by atoms with Crippen LogP contribution in [0.4, 0.5) is 0 Å². The summed E-state index contributed by atoms with van der Waals surface area (Å²) in [5.74, 6) is -1.48. The predicted molar refractivity (Wildman–Crippen MR) is 178 cm³/mol. The number of hydrogen-bond donors (Lipinski definition) is 0. The molecule has 5 rings (SSSR count). The van der Waals surface area contributed by atoms with Gasteiger partial charge in [-0.1, -0.05) is 113 Å². The highest BCUT2D eigenvalue weighted by atomic mass is 15.1. The van der Waals surface area contributed by atoms with Crippen LogP contribution in [-0.4, -0.2) is 9.55 Å². The van der Waals surface area contributed by atoms with Gasteiger partial charge in [0, 0.05) is 12.4 Å². The summed E-state index contributed by atoms with van der Waals surface area (Å²) in [6.45, 7) is 11.2. The van der Waals surface area contributed by atoms with Crippen molar-refractivity contribution in [3.05, 3.63) is 138 Å². The van der Waals surface area contributed by atoms with E-state index in [1.807, 2.05) is 118 Å². The normalized spacial score (nSPS) is 14.6. The number of para-hydroxylation sites is 2. The van der Waals surface area contributed by atoms with Gasteiger partial charge in [0.1, 0.15) is 5.82 Å². The Morgan fingerprint density at radius 1 is 0.829 bits per heavy atom. The standard InChI is InChI=1S/C39H40N2/c1-8-9-11-16-28(6)35-23-31(22-21-29(35)7)39-40-36-19-14-15-20-37(36)41(39)38-33(26(2)3)24-32(25-34(38)27(4)5)30-17-12-10-13-18-30/h8-27H,6H2,1-5,7H3/b9-8-,16-11-/i7D3,26D,27D. The van der Waals surface area contributed by atoms with Crippen molar-refractivity contribution in [1.29, 1.82) is 0 Å². The highest BCUT2D eigenvalue weighted by molar-refractivity contribution is 5.86. The molecule has 0 atom stereocenters. The third-order valence-electron chi connectivity index (χ3n) is 7.30. The molecular weight excluding hydrogens is 496 g/mol. The van der Waals surface area contributed by atoms with Crippen LogP contribution in [0.3, 0.4) is 0 Å². The van der Waals surface area contributed by atoms with Crippen LogP contribution >= 0.6 is 0 Å². The number of rotatable bonds is 8. The van der Waals surface area contributed by atoms with E-state index >= 15 is 0 Å². The average Bonchev–Trinajstić information content (AvgIpc) is 3.38. The van der Waals surface area contributed by atoms with E-state index in [0.717, 1.165) is 39.0 Å². The molecule has 4 aromatic carbocycles. The number of hydrogen-bond acceptors (Lipinski definition) is 1. The lowest BCUT2D eigenvalue weighted by atomic mass is 9.88. The van der Waals surface area contributed by atoms with Gasteiger partial charge in [-0.25, -0.2) is 4.98 Å². The molecule has 1 heterocycles. The molecule has 206 valence electrons. The molecule has 0 N–H and O–H groups in total. The highest BCUT2D eigenvalue weighted by Gasteiger charge is 2.23. The molecule has 2 heteroatoms. The highest BCUT2D eigenvalue weighted by Crippen LogP contribution is 2.40. The van der Waals surface area contributed by atoms with E-state index < -0.39 is 18.6 Å². The lowest BCUT2D eigenvalue weighted by molar-refractivity contribution is 0.811. The molecule has 0 saturated heterocycles. The number of fused-ring (bicyclic) bond motifs is 1. The molecule has 0 fully saturated rings. The van der Waals surface area contributed by atoms with Gasteiger partial charge in [-0.3, -0.25) is 4.57 Å². The summed E-state index contributed by atoms with van der Waals surface area (Å²) >= 11 is 0. The average molecular weight is 542 g/mol. The minimum Gasteiger partial charge on any atom is -0.292 e. The van der Waals surface area contributed by atoms with Crippen LogP contribution in [0.2, 0.25) is 0 Å². The van der Waals surface area contributed by atoms with E-state index in [1.54, 1.807) is 18.2 Å². The fraction of sp³-hybridized carbons (Fsp3) is 0.205. The summed E-state index contributed by atoms with van der Waals surface area (Å²) < 4.78 is 45.4. The minimum absolute atomic E-state index is 0.210. The second kappa shape index (κ2) is 12.0. The van der Waals surface area contributed by atoms with Crippen LogP contribution in [0.25, 0.3) is 44.8 Å². The second-order valence-corrected chi connectivity index (χ2v) is 10.7. The van der Waals surface area contributed by atoms with Gasteiger partial charge in [-0.2, -0.15) is 0 Å². The Balaban J connectivity index is 1.89. The number of aryl methyl sites for hydroxylation is 1. The lowest BCUT2D eigenvalue weighted by Gasteiger charge is -2.24. The first kappa shape index (κ1) is 22.3. The second-order valence-electron chi connectivity index (χ2n) is 10.7. The van der Waals surface area contributed by atoms with Crippen LogP contribution in [0.5, 0.6) is 0 Å². The number of aromatic nitrogens is 2. The molecule has 2 nitrogen and oxygen atoms in total. The van der Waals surface area contributed by atoms with E-state index in [1.165, 1.54) is 0 Å². The first-order valence-corrected chi connectivity index (χ1v) is 14.0. The fourth-order valence-electron chi connectivity index (χ4n) is 5.20. The Labute approximate surface area is 252 Å². The summed E-state index contributed by atoms with van der Waals surface area (Å²) in [6, 6.07) is 27.3. The van der Waals surface area contributed by atoms with Crippen molar-refractivity contribution in [2.75, 3.05) is 0 Å². The Kier molecular flexibility index (Phi) is 6.51. The van der Waals surface area contributed by atoms with Crippen molar-refractivity contribution in [2.24, 2.45) is 0 Å². The predicted octanol–water partition coefficient (Wildman–Crippen LogP) is 11.1. The van der Waals surface area contributed by atoms with Gasteiger partial charge in [-0.05, 0) is 94.8 Å². The number of imidazole rings is 1. The first-order valence-electron chi connectivity index (χ1n) is 16.5. The smallest absolute Gasteiger partial charge is 0.145 e. The fourth-order valence-corrected chi connectivity index (χ4v) is 5.20. The Morgan fingerprint density at radius 3 is 2.17 bits per heavy atom. The molecule has 0 aliphatic carbocycles. The molecular formula is C39H40N2. The molecule has 0 aliphatic heterocycles. The summed E-state index contributed by atoms with van der Waals surface area (Å²) in [5, 5.41) is 0. The van der Waals surface area contributed by atoms with Crippen molar-refractivity contribution < 1.29 is 6.85 Å². The number of allylic oxidation sites excluding steroid dienone is 5. The maximum Gasteiger partial charge on any atom is 0.145 e. The zero-order chi connectivity index (χ0) is 33.4. The van der Waals surface area contributed by atoms with Crippen LogP contribution in [0, 0.1) is 6.85 Å². The van der Waals surface area contributed by atoms with Gasteiger partial charge in [0.25, 0.3) is 0 Å². The van der Waals surface area contributed by atoms with E-state index in [2.05, 4.69) is 18.7 Å². The zero-order valence-corrected chi connectivity index (χ0v) is 24.5. The molecule has 0 radical (unpaired) electrons. The molecule has 5 aromatic rings. The monoisotopic (exact) mass is 541 g/mol. The molecule has 0 unspecified atom stereocenters. The van der Waals surface area contributed by atoms with Crippen LogP contribution in [0.15, 0.2) is 116 Å². The molecule has 0 spiro atoms. The summed E-state index contributed by atoms with van der Waals surface area (Å²) in [5.41, 5.74) is 7.77. The molecule has 0 amide bonds. The van der Waals surface area contributed by atoms with Crippen LogP contribution < -0.4 is 0 Å². The Morgan fingerprint density at radius 2 is 1.51 bits per heavy atom. The zero-order valence-electron chi connectivity index (χ0n) is 29.5. The number of nitrogens with zero attached hydrogens (tertiary/aromatic N) is 2. The third-order valence-corrected chi connectivity index (χ3v) is 7.30. The van der Waals surface area contributed by atoms with Crippen molar-refractivity contribution >= 4 is 16.6 Å². The summed E-state index contributed by atoms with van der Waals surface area (Å²) in [4.78, 5) is 5.09. The maximum absolute atomic E-state index is 9.35. The lowest BCUT2D eigenvalue weighted by Crippen LogP contribution is -2.09. The van der Waals surface area contributed by atoms with Gasteiger partial charge in [-0.15, -0.1) is 0 Å². The SMILES string of the molecule is [2H]C([2H])([2H])c1ccc(-c2nc3ccccc3n2-c2c(C([2H])(C)C)cc(-c3ccccc3)cc2C([2H])(C)C)cc1C(=C)/C=C\C=C/C.